The molecule has 0 aromatic heterocycles. The van der Waals surface area contributed by atoms with Crippen LogP contribution >= 0.6 is 0 Å². The fraction of sp³-hybridized carbons (Fsp3) is 0.611. The fourth-order valence-electron chi connectivity index (χ4n) is 2.63. The second kappa shape index (κ2) is 7.08. The van der Waals surface area contributed by atoms with Crippen LogP contribution in [-0.2, 0) is 11.2 Å². The fourth-order valence-corrected chi connectivity index (χ4v) is 2.63. The first-order valence-electron chi connectivity index (χ1n) is 8.10. The highest BCUT2D eigenvalue weighted by molar-refractivity contribution is 5.79. The van der Waals surface area contributed by atoms with Crippen LogP contribution in [0, 0.1) is 0 Å². The molecule has 0 saturated heterocycles. The molecule has 21 heavy (non-hydrogen) atoms. The van der Waals surface area contributed by atoms with Crippen LogP contribution in [-0.4, -0.2) is 35.5 Å². The molecule has 1 saturated carbocycles. The van der Waals surface area contributed by atoms with E-state index in [-0.39, 0.29) is 11.4 Å². The molecule has 1 amide bonds. The lowest BCUT2D eigenvalue weighted by atomic mass is 9.95. The number of hydrogen-bond donors (Lipinski definition) is 1. The zero-order chi connectivity index (χ0) is 15.3. The number of amides is 1. The molecule has 0 radical (unpaired) electrons. The predicted molar refractivity (Wildman–Crippen MR) is 87.3 cm³/mol. The molecule has 3 nitrogen and oxygen atoms in total. The number of carbonyl (C=O) groups excluding carboxylic acids is 1. The monoisotopic (exact) mass is 288 g/mol. The summed E-state index contributed by atoms with van der Waals surface area (Å²) in [4.78, 5) is 14.3. The first-order valence-corrected chi connectivity index (χ1v) is 8.10. The van der Waals surface area contributed by atoms with E-state index in [1.807, 2.05) is 11.0 Å². The van der Waals surface area contributed by atoms with Crippen molar-refractivity contribution in [2.45, 2.75) is 58.0 Å². The van der Waals surface area contributed by atoms with Gasteiger partial charge in [-0.2, -0.15) is 0 Å². The van der Waals surface area contributed by atoms with Crippen LogP contribution in [0.4, 0.5) is 0 Å². The Morgan fingerprint density at radius 2 is 1.95 bits per heavy atom. The third-order valence-electron chi connectivity index (χ3n) is 4.25. The number of aryl methyl sites for hydroxylation is 1. The molecule has 1 aromatic carbocycles. The Morgan fingerprint density at radius 3 is 2.52 bits per heavy atom. The summed E-state index contributed by atoms with van der Waals surface area (Å²) >= 11 is 0. The van der Waals surface area contributed by atoms with Crippen LogP contribution < -0.4 is 5.32 Å². The number of nitrogens with zero attached hydrogens (tertiary/aromatic N) is 1. The Labute approximate surface area is 128 Å². The normalized spacial score (nSPS) is 15.0. The molecule has 2 rings (SSSR count). The van der Waals surface area contributed by atoms with Crippen LogP contribution in [0.3, 0.4) is 0 Å². The van der Waals surface area contributed by atoms with Gasteiger partial charge in [0.2, 0.25) is 5.91 Å². The molecule has 0 aliphatic heterocycles. The number of likely N-dealkylation sites (N-methyl/N-ethyl adjacent to an activating group) is 1. The van der Waals surface area contributed by atoms with Crippen LogP contribution in [0.2, 0.25) is 0 Å². The van der Waals surface area contributed by atoms with Gasteiger partial charge in [-0.15, -0.1) is 0 Å². The summed E-state index contributed by atoms with van der Waals surface area (Å²) in [5, 5.41) is 3.44. The van der Waals surface area contributed by atoms with Gasteiger partial charge in [0.15, 0.2) is 0 Å². The summed E-state index contributed by atoms with van der Waals surface area (Å²) in [6, 6.07) is 11.0. The molecule has 0 heterocycles. The van der Waals surface area contributed by atoms with E-state index in [2.05, 4.69) is 50.4 Å². The number of rotatable bonds is 8. The van der Waals surface area contributed by atoms with Crippen LogP contribution in [0.25, 0.3) is 0 Å². The third kappa shape index (κ3) is 5.16. The zero-order valence-corrected chi connectivity index (χ0v) is 13.6. The van der Waals surface area contributed by atoms with Crippen molar-refractivity contribution in [2.24, 2.45) is 0 Å². The molecule has 1 fully saturated rings. The second-order valence-corrected chi connectivity index (χ2v) is 6.63. The van der Waals surface area contributed by atoms with E-state index in [0.29, 0.717) is 12.6 Å². The van der Waals surface area contributed by atoms with E-state index in [9.17, 15) is 4.79 Å². The molecule has 3 heteroatoms. The minimum absolute atomic E-state index is 0.0194. The van der Waals surface area contributed by atoms with Crippen LogP contribution in [0.5, 0.6) is 0 Å². The first kappa shape index (κ1) is 16.0. The number of nitrogens with one attached hydrogen (secondary N) is 1. The highest BCUT2D eigenvalue weighted by Gasteiger charge is 2.31. The van der Waals surface area contributed by atoms with Gasteiger partial charge >= 0.3 is 0 Å². The maximum absolute atomic E-state index is 12.2. The Bertz CT molecular complexity index is 452. The predicted octanol–water partition coefficient (Wildman–Crippen LogP) is 3.00. The Balaban J connectivity index is 1.76. The summed E-state index contributed by atoms with van der Waals surface area (Å²) in [5.41, 5.74) is 1.33. The van der Waals surface area contributed by atoms with Crippen LogP contribution in [0.15, 0.2) is 30.3 Å². The number of carbonyl (C=O) groups is 1. The van der Waals surface area contributed by atoms with Crippen molar-refractivity contribution >= 4 is 5.91 Å². The Hall–Kier alpha value is -1.35. The number of benzene rings is 1. The third-order valence-corrected chi connectivity index (χ3v) is 4.25. The van der Waals surface area contributed by atoms with E-state index in [4.69, 9.17) is 0 Å². The second-order valence-electron chi connectivity index (χ2n) is 6.63. The molecule has 1 aliphatic rings. The van der Waals surface area contributed by atoms with Crippen molar-refractivity contribution in [2.75, 3.05) is 13.1 Å². The Morgan fingerprint density at radius 1 is 1.29 bits per heavy atom. The van der Waals surface area contributed by atoms with Gasteiger partial charge in [-0.05, 0) is 52.0 Å². The molecule has 0 spiro atoms. The van der Waals surface area contributed by atoms with Gasteiger partial charge < -0.3 is 10.2 Å². The highest BCUT2D eigenvalue weighted by Crippen LogP contribution is 2.26. The lowest BCUT2D eigenvalue weighted by Gasteiger charge is -2.28. The van der Waals surface area contributed by atoms with Gasteiger partial charge in [-0.3, -0.25) is 4.79 Å². The summed E-state index contributed by atoms with van der Waals surface area (Å²) in [7, 11) is 0. The summed E-state index contributed by atoms with van der Waals surface area (Å²) < 4.78 is 0. The van der Waals surface area contributed by atoms with Crippen molar-refractivity contribution < 1.29 is 4.79 Å². The zero-order valence-electron chi connectivity index (χ0n) is 13.6. The average Bonchev–Trinajstić information content (AvgIpc) is 3.30. The SMILES string of the molecule is CCN(C(=O)CNC(C)(C)CCc1ccccc1)C1CC1. The molecular weight excluding hydrogens is 260 g/mol. The molecule has 0 bridgehead atoms. The van der Waals surface area contributed by atoms with Crippen molar-refractivity contribution in [3.8, 4) is 0 Å². The average molecular weight is 288 g/mol. The van der Waals surface area contributed by atoms with Crippen molar-refractivity contribution in [1.29, 1.82) is 0 Å². The summed E-state index contributed by atoms with van der Waals surface area (Å²) in [6.07, 6.45) is 4.42. The summed E-state index contributed by atoms with van der Waals surface area (Å²) in [6.45, 7) is 7.70. The molecular formula is C18H28N2O. The first-order chi connectivity index (χ1) is 10.0. The van der Waals surface area contributed by atoms with E-state index in [1.54, 1.807) is 0 Å². The number of hydrogen-bond acceptors (Lipinski definition) is 2. The summed E-state index contributed by atoms with van der Waals surface area (Å²) in [5.74, 6) is 0.243. The van der Waals surface area contributed by atoms with Gasteiger partial charge in [0.1, 0.15) is 0 Å². The van der Waals surface area contributed by atoms with E-state index >= 15 is 0 Å². The largest absolute Gasteiger partial charge is 0.339 e. The highest BCUT2D eigenvalue weighted by atomic mass is 16.2. The Kier molecular flexibility index (Phi) is 5.40. The van der Waals surface area contributed by atoms with Crippen molar-refractivity contribution in [3.05, 3.63) is 35.9 Å². The lowest BCUT2D eigenvalue weighted by Crippen LogP contribution is -2.47. The topological polar surface area (TPSA) is 32.3 Å². The standard InChI is InChI=1S/C18H28N2O/c1-4-20(16-10-11-16)17(21)14-19-18(2,3)13-12-15-8-6-5-7-9-15/h5-9,16,19H,4,10-14H2,1-3H3. The van der Waals surface area contributed by atoms with Gasteiger partial charge in [0.25, 0.3) is 0 Å². The van der Waals surface area contributed by atoms with E-state index < -0.39 is 0 Å². The van der Waals surface area contributed by atoms with Gasteiger partial charge in [0, 0.05) is 18.1 Å². The van der Waals surface area contributed by atoms with Crippen LogP contribution in [0.1, 0.15) is 45.6 Å². The molecule has 1 aliphatic carbocycles. The lowest BCUT2D eigenvalue weighted by molar-refractivity contribution is -0.130. The maximum Gasteiger partial charge on any atom is 0.236 e. The van der Waals surface area contributed by atoms with Gasteiger partial charge in [0.05, 0.1) is 6.54 Å². The smallest absolute Gasteiger partial charge is 0.236 e. The molecule has 116 valence electrons. The van der Waals surface area contributed by atoms with Gasteiger partial charge in [-0.25, -0.2) is 0 Å². The van der Waals surface area contributed by atoms with Gasteiger partial charge in [-0.1, -0.05) is 30.3 Å². The molecule has 0 unspecified atom stereocenters. The molecule has 1 N–H and O–H groups in total. The minimum atomic E-state index is -0.0194. The molecule has 0 atom stereocenters. The molecule has 1 aromatic rings. The van der Waals surface area contributed by atoms with E-state index in [0.717, 1.165) is 19.4 Å². The van der Waals surface area contributed by atoms with Crippen molar-refractivity contribution in [1.82, 2.24) is 10.2 Å². The quantitative estimate of drug-likeness (QED) is 0.797. The minimum Gasteiger partial charge on any atom is -0.339 e. The van der Waals surface area contributed by atoms with Crippen molar-refractivity contribution in [3.63, 3.8) is 0 Å². The van der Waals surface area contributed by atoms with E-state index in [1.165, 1.54) is 18.4 Å². The maximum atomic E-state index is 12.2.